The van der Waals surface area contributed by atoms with Gasteiger partial charge in [-0.1, -0.05) is 244 Å². The highest BCUT2D eigenvalue weighted by Crippen LogP contribution is 2.47. The lowest BCUT2D eigenvalue weighted by Crippen LogP contribution is -2.64. The Labute approximate surface area is 420 Å². The molecule has 408 valence electrons. The Morgan fingerprint density at radius 1 is 0.507 bits per heavy atom. The standard InChI is InChI=1S/C55H106NO12P/c1-3-5-7-9-11-13-15-17-19-21-23-25-26-28-30-32-34-36-38-40-42-46(57)44-49(59)56-47(45-67-69(65,66)68-55-53(63)51(61)50(60)52(62)54(55)64)48(58)43-41-39-37-35-33-31-29-27-24-22-20-18-16-14-12-10-8-6-4-2/h33,35,41,43,46-48,50-55,57-58,60-64H,3-32,34,36-40,42,44-45H2,1-2H3,(H,56,59)(H,65,66)/b35-33+,43-41+. The van der Waals surface area contributed by atoms with Crippen molar-refractivity contribution in [2.45, 2.75) is 313 Å². The molecule has 0 bridgehead atoms. The van der Waals surface area contributed by atoms with Crippen LogP contribution in [0.1, 0.15) is 258 Å². The number of aliphatic hydroxyl groups is 7. The zero-order valence-corrected chi connectivity index (χ0v) is 44.6. The van der Waals surface area contributed by atoms with Crippen LogP contribution in [0.2, 0.25) is 0 Å². The van der Waals surface area contributed by atoms with Gasteiger partial charge in [0.05, 0.1) is 31.3 Å². The van der Waals surface area contributed by atoms with Crippen LogP contribution in [0.15, 0.2) is 24.3 Å². The number of rotatable bonds is 48. The predicted molar refractivity (Wildman–Crippen MR) is 280 cm³/mol. The van der Waals surface area contributed by atoms with E-state index >= 15 is 0 Å². The molecule has 1 amide bonds. The van der Waals surface area contributed by atoms with Crippen molar-refractivity contribution in [2.75, 3.05) is 6.61 Å². The average Bonchev–Trinajstić information content (AvgIpc) is 3.32. The second kappa shape index (κ2) is 44.3. The molecular formula is C55H106NO12P. The van der Waals surface area contributed by atoms with Crippen molar-refractivity contribution in [1.29, 1.82) is 0 Å². The minimum atomic E-state index is -5.15. The molecule has 0 aromatic carbocycles. The molecule has 13 nitrogen and oxygen atoms in total. The van der Waals surface area contributed by atoms with Crippen LogP contribution in [0.5, 0.6) is 0 Å². The Kier molecular flexibility index (Phi) is 42.2. The van der Waals surface area contributed by atoms with E-state index in [9.17, 15) is 50.0 Å². The number of carbonyl (C=O) groups excluding carboxylic acids is 1. The van der Waals surface area contributed by atoms with E-state index in [1.165, 1.54) is 186 Å². The van der Waals surface area contributed by atoms with E-state index in [2.05, 4.69) is 31.3 Å². The second-order valence-corrected chi connectivity index (χ2v) is 21.7. The van der Waals surface area contributed by atoms with Crippen LogP contribution in [-0.2, 0) is 18.4 Å². The van der Waals surface area contributed by atoms with E-state index < -0.39 is 75.2 Å². The first kappa shape index (κ1) is 65.8. The van der Waals surface area contributed by atoms with Crippen molar-refractivity contribution in [3.8, 4) is 0 Å². The maximum absolute atomic E-state index is 13.1. The van der Waals surface area contributed by atoms with Crippen LogP contribution in [0.4, 0.5) is 0 Å². The molecule has 0 heterocycles. The maximum atomic E-state index is 13.1. The molecule has 0 aromatic heterocycles. The van der Waals surface area contributed by atoms with Gasteiger partial charge in [0.1, 0.15) is 36.6 Å². The summed E-state index contributed by atoms with van der Waals surface area (Å²) in [4.78, 5) is 23.6. The first-order chi connectivity index (χ1) is 33.3. The summed E-state index contributed by atoms with van der Waals surface area (Å²) >= 11 is 0. The monoisotopic (exact) mass is 1000 g/mol. The minimum Gasteiger partial charge on any atom is -0.393 e. The fourth-order valence-electron chi connectivity index (χ4n) is 9.20. The summed E-state index contributed by atoms with van der Waals surface area (Å²) < 4.78 is 23.0. The number of nitrogens with one attached hydrogen (secondary N) is 1. The van der Waals surface area contributed by atoms with Crippen molar-refractivity contribution in [2.24, 2.45) is 0 Å². The number of unbranched alkanes of at least 4 members (excludes halogenated alkanes) is 33. The molecule has 9 N–H and O–H groups in total. The molecule has 1 rings (SSSR count). The van der Waals surface area contributed by atoms with Gasteiger partial charge in [-0.15, -0.1) is 0 Å². The lowest BCUT2D eigenvalue weighted by atomic mass is 9.85. The highest BCUT2D eigenvalue weighted by atomic mass is 31.2. The number of amides is 1. The molecule has 0 aromatic rings. The molecule has 1 aliphatic carbocycles. The largest absolute Gasteiger partial charge is 0.472 e. The normalized spacial score (nSPS) is 22.1. The molecule has 0 spiro atoms. The van der Waals surface area contributed by atoms with Gasteiger partial charge >= 0.3 is 7.82 Å². The van der Waals surface area contributed by atoms with E-state index in [-0.39, 0.29) is 6.42 Å². The van der Waals surface area contributed by atoms with Gasteiger partial charge in [0, 0.05) is 0 Å². The van der Waals surface area contributed by atoms with Gasteiger partial charge in [-0.3, -0.25) is 13.8 Å². The van der Waals surface area contributed by atoms with Crippen LogP contribution in [-0.4, -0.2) is 108 Å². The number of allylic oxidation sites excluding steroid dienone is 3. The summed E-state index contributed by atoms with van der Waals surface area (Å²) in [5, 5.41) is 74.8. The van der Waals surface area contributed by atoms with Crippen molar-refractivity contribution >= 4 is 13.7 Å². The second-order valence-electron chi connectivity index (χ2n) is 20.3. The van der Waals surface area contributed by atoms with Crippen LogP contribution < -0.4 is 5.32 Å². The van der Waals surface area contributed by atoms with Crippen molar-refractivity contribution in [1.82, 2.24) is 5.32 Å². The predicted octanol–water partition coefficient (Wildman–Crippen LogP) is 11.5. The zero-order chi connectivity index (χ0) is 50.8. The molecule has 0 aliphatic heterocycles. The van der Waals surface area contributed by atoms with Gasteiger partial charge < -0.3 is 46.0 Å². The quantitative estimate of drug-likeness (QED) is 0.0158. The summed E-state index contributed by atoms with van der Waals surface area (Å²) in [6.45, 7) is 3.78. The van der Waals surface area contributed by atoms with E-state index in [0.29, 0.717) is 12.8 Å². The number of phosphoric acid groups is 1. The zero-order valence-electron chi connectivity index (χ0n) is 43.7. The van der Waals surface area contributed by atoms with Crippen LogP contribution in [0, 0.1) is 0 Å². The van der Waals surface area contributed by atoms with E-state index in [0.717, 1.165) is 44.9 Å². The summed E-state index contributed by atoms with van der Waals surface area (Å²) in [5.41, 5.74) is 0. The first-order valence-corrected chi connectivity index (χ1v) is 29.9. The molecule has 0 radical (unpaired) electrons. The lowest BCUT2D eigenvalue weighted by Gasteiger charge is -2.41. The fourth-order valence-corrected chi connectivity index (χ4v) is 10.2. The minimum absolute atomic E-state index is 0.248. The SMILES string of the molecule is CCCCCCCCCCCCCCC/C=C/CC/C=C/C(O)C(COP(=O)(O)OC1C(O)C(O)C(O)C(O)C1O)NC(=O)CC(O)CCCCCCCCCCCCCCCCCCCCCC. The number of hydrogen-bond acceptors (Lipinski definition) is 11. The number of hydrogen-bond donors (Lipinski definition) is 9. The number of aliphatic hydroxyl groups excluding tert-OH is 7. The van der Waals surface area contributed by atoms with Crippen LogP contribution >= 0.6 is 7.82 Å². The third-order valence-electron chi connectivity index (χ3n) is 13.8. The highest BCUT2D eigenvalue weighted by Gasteiger charge is 2.51. The number of carbonyl (C=O) groups is 1. The summed E-state index contributed by atoms with van der Waals surface area (Å²) in [5.74, 6) is -0.597. The molecule has 0 saturated heterocycles. The van der Waals surface area contributed by atoms with Gasteiger partial charge in [0.2, 0.25) is 5.91 Å². The van der Waals surface area contributed by atoms with Gasteiger partial charge in [0.15, 0.2) is 0 Å². The Balaban J connectivity index is 2.44. The maximum Gasteiger partial charge on any atom is 0.472 e. The Morgan fingerprint density at radius 3 is 1.28 bits per heavy atom. The topological polar surface area (TPSA) is 226 Å². The third kappa shape index (κ3) is 35.6. The molecule has 69 heavy (non-hydrogen) atoms. The van der Waals surface area contributed by atoms with E-state index in [1.54, 1.807) is 6.08 Å². The molecule has 14 heteroatoms. The molecule has 1 saturated carbocycles. The van der Waals surface area contributed by atoms with Gasteiger partial charge in [-0.05, 0) is 32.1 Å². The molecular weight excluding hydrogens is 898 g/mol. The Morgan fingerprint density at radius 2 is 0.855 bits per heavy atom. The van der Waals surface area contributed by atoms with Crippen LogP contribution in [0.25, 0.3) is 0 Å². The van der Waals surface area contributed by atoms with Gasteiger partial charge in [-0.2, -0.15) is 0 Å². The summed E-state index contributed by atoms with van der Waals surface area (Å²) in [7, 11) is -5.15. The molecule has 1 fully saturated rings. The van der Waals surface area contributed by atoms with Gasteiger partial charge in [-0.25, -0.2) is 4.57 Å². The van der Waals surface area contributed by atoms with E-state index in [4.69, 9.17) is 9.05 Å². The lowest BCUT2D eigenvalue weighted by molar-refractivity contribution is -0.220. The average molecular weight is 1000 g/mol. The fraction of sp³-hybridized carbons (Fsp3) is 0.909. The van der Waals surface area contributed by atoms with E-state index in [1.807, 2.05) is 0 Å². The first-order valence-electron chi connectivity index (χ1n) is 28.4. The Bertz CT molecular complexity index is 1270. The molecule has 1 aliphatic rings. The van der Waals surface area contributed by atoms with Crippen molar-refractivity contribution in [3.05, 3.63) is 24.3 Å². The molecule has 8 unspecified atom stereocenters. The van der Waals surface area contributed by atoms with Crippen molar-refractivity contribution in [3.63, 3.8) is 0 Å². The summed E-state index contributed by atoms with van der Waals surface area (Å²) in [6.07, 6.45) is 38.3. The third-order valence-corrected chi connectivity index (χ3v) is 14.8. The smallest absolute Gasteiger partial charge is 0.393 e. The van der Waals surface area contributed by atoms with Crippen LogP contribution in [0.3, 0.4) is 0 Å². The highest BCUT2D eigenvalue weighted by molar-refractivity contribution is 7.47. The Hall–Kier alpha value is -1.22. The van der Waals surface area contributed by atoms with Gasteiger partial charge in [0.25, 0.3) is 0 Å². The van der Waals surface area contributed by atoms with Crippen molar-refractivity contribution < 1.29 is 59.0 Å². The number of phosphoric ester groups is 1. The summed E-state index contributed by atoms with van der Waals surface area (Å²) in [6, 6.07) is -1.25. The molecule has 8 atom stereocenters.